The highest BCUT2D eigenvalue weighted by Gasteiger charge is 2.48. The fourth-order valence-corrected chi connectivity index (χ4v) is 1.45. The topological polar surface area (TPSA) is 18.5 Å². The normalized spacial score (nSPS) is 34.6. The van der Waals surface area contributed by atoms with Crippen LogP contribution in [-0.2, 0) is 9.47 Å². The first-order valence-corrected chi connectivity index (χ1v) is 4.13. The van der Waals surface area contributed by atoms with E-state index in [-0.39, 0.29) is 6.42 Å². The average Bonchev–Trinajstić information content (AvgIpc) is 1.79. The maximum absolute atomic E-state index is 12.3. The predicted octanol–water partition coefficient (Wildman–Crippen LogP) is 2.48. The summed E-state index contributed by atoms with van der Waals surface area (Å²) < 4.78 is 46.8. The van der Waals surface area contributed by atoms with Gasteiger partial charge in [-0.2, -0.15) is 13.2 Å². The van der Waals surface area contributed by atoms with Gasteiger partial charge in [0.2, 0.25) is 0 Å². The summed E-state index contributed by atoms with van der Waals surface area (Å²) in [5.41, 5.74) is 0. The maximum Gasteiger partial charge on any atom is 0.414 e. The lowest BCUT2D eigenvalue weighted by atomic mass is 10.1. The Kier molecular flexibility index (Phi) is 2.60. The molecule has 2 atom stereocenters. The van der Waals surface area contributed by atoms with Crippen LogP contribution in [0.25, 0.3) is 0 Å². The second-order valence-electron chi connectivity index (χ2n) is 3.71. The molecule has 0 amide bonds. The molecule has 1 aliphatic rings. The molecule has 0 radical (unpaired) electrons. The summed E-state index contributed by atoms with van der Waals surface area (Å²) in [4.78, 5) is 0. The zero-order valence-corrected chi connectivity index (χ0v) is 7.81. The van der Waals surface area contributed by atoms with Gasteiger partial charge < -0.3 is 9.47 Å². The molecule has 0 N–H and O–H groups in total. The fraction of sp³-hybridized carbons (Fsp3) is 1.00. The molecule has 0 aromatic heterocycles. The molecule has 0 saturated carbocycles. The summed E-state index contributed by atoms with van der Waals surface area (Å²) in [5.74, 6) is -1.14. The highest BCUT2D eigenvalue weighted by atomic mass is 19.4. The van der Waals surface area contributed by atoms with Crippen molar-refractivity contribution in [1.82, 2.24) is 0 Å². The van der Waals surface area contributed by atoms with Crippen LogP contribution in [0.2, 0.25) is 0 Å². The van der Waals surface area contributed by atoms with Gasteiger partial charge in [-0.3, -0.25) is 0 Å². The average molecular weight is 198 g/mol. The second kappa shape index (κ2) is 3.13. The number of hydrogen-bond donors (Lipinski definition) is 0. The van der Waals surface area contributed by atoms with Crippen LogP contribution in [0.15, 0.2) is 0 Å². The van der Waals surface area contributed by atoms with Crippen LogP contribution in [0.1, 0.15) is 27.2 Å². The predicted molar refractivity (Wildman–Crippen MR) is 40.2 cm³/mol. The van der Waals surface area contributed by atoms with Crippen molar-refractivity contribution in [3.8, 4) is 0 Å². The molecule has 0 aromatic rings. The molecule has 1 fully saturated rings. The Morgan fingerprint density at radius 1 is 1.23 bits per heavy atom. The van der Waals surface area contributed by atoms with Crippen LogP contribution in [0.3, 0.4) is 0 Å². The molecule has 1 rings (SSSR count). The molecule has 0 aliphatic carbocycles. The molecule has 0 spiro atoms. The van der Waals surface area contributed by atoms with Gasteiger partial charge in [-0.15, -0.1) is 0 Å². The minimum atomic E-state index is -4.30. The third kappa shape index (κ3) is 2.84. The van der Waals surface area contributed by atoms with Crippen LogP contribution in [0.5, 0.6) is 0 Å². The summed E-state index contributed by atoms with van der Waals surface area (Å²) in [6.07, 6.45) is -6.55. The number of halogens is 3. The summed E-state index contributed by atoms with van der Waals surface area (Å²) in [7, 11) is 0. The van der Waals surface area contributed by atoms with Crippen molar-refractivity contribution in [2.24, 2.45) is 0 Å². The van der Waals surface area contributed by atoms with Gasteiger partial charge in [0.15, 0.2) is 11.9 Å². The van der Waals surface area contributed by atoms with Crippen molar-refractivity contribution in [3.05, 3.63) is 0 Å². The molecule has 5 heteroatoms. The molecule has 1 saturated heterocycles. The number of alkyl halides is 3. The van der Waals surface area contributed by atoms with E-state index in [1.807, 2.05) is 0 Å². The van der Waals surface area contributed by atoms with E-state index in [9.17, 15) is 13.2 Å². The molecule has 2 nitrogen and oxygen atoms in total. The maximum atomic E-state index is 12.3. The first-order valence-electron chi connectivity index (χ1n) is 4.13. The van der Waals surface area contributed by atoms with Crippen LogP contribution in [-0.4, -0.2) is 24.2 Å². The van der Waals surface area contributed by atoms with Crippen LogP contribution in [0, 0.1) is 0 Å². The lowest BCUT2D eigenvalue weighted by Gasteiger charge is -2.40. The highest BCUT2D eigenvalue weighted by Crippen LogP contribution is 2.35. The Morgan fingerprint density at radius 3 is 2.15 bits per heavy atom. The molecular weight excluding hydrogens is 185 g/mol. The summed E-state index contributed by atoms with van der Waals surface area (Å²) in [6, 6.07) is 0. The standard InChI is InChI=1S/C8H13F3O2/c1-5-4-6(8(9,10)11)13-7(2,3)12-5/h5-6H,4H2,1-3H3/t5-,6+/m0/s1. The van der Waals surface area contributed by atoms with E-state index in [1.165, 1.54) is 13.8 Å². The lowest BCUT2D eigenvalue weighted by molar-refractivity contribution is -0.352. The van der Waals surface area contributed by atoms with E-state index in [1.54, 1.807) is 6.92 Å². The molecule has 0 unspecified atom stereocenters. The fourth-order valence-electron chi connectivity index (χ4n) is 1.45. The van der Waals surface area contributed by atoms with E-state index >= 15 is 0 Å². The monoisotopic (exact) mass is 198 g/mol. The Hall–Kier alpha value is -0.290. The zero-order chi connectivity index (χ0) is 10.3. The minimum absolute atomic E-state index is 0.132. The Labute approximate surface area is 75.0 Å². The quantitative estimate of drug-likeness (QED) is 0.595. The molecule has 1 aliphatic heterocycles. The summed E-state index contributed by atoms with van der Waals surface area (Å²) >= 11 is 0. The summed E-state index contributed by atoms with van der Waals surface area (Å²) in [6.45, 7) is 4.59. The van der Waals surface area contributed by atoms with Gasteiger partial charge in [-0.05, 0) is 20.8 Å². The summed E-state index contributed by atoms with van der Waals surface area (Å²) in [5, 5.41) is 0. The van der Waals surface area contributed by atoms with E-state index in [4.69, 9.17) is 9.47 Å². The van der Waals surface area contributed by atoms with Gasteiger partial charge in [-0.25, -0.2) is 0 Å². The SMILES string of the molecule is C[C@H]1C[C@H](C(F)(F)F)OC(C)(C)O1. The molecule has 0 bridgehead atoms. The van der Waals surface area contributed by atoms with E-state index < -0.39 is 24.2 Å². The van der Waals surface area contributed by atoms with Gasteiger partial charge in [-0.1, -0.05) is 0 Å². The Bertz CT molecular complexity index is 188. The van der Waals surface area contributed by atoms with Crippen LogP contribution >= 0.6 is 0 Å². The Balaban J connectivity index is 2.69. The number of hydrogen-bond acceptors (Lipinski definition) is 2. The third-order valence-electron chi connectivity index (χ3n) is 1.82. The number of ether oxygens (including phenoxy) is 2. The minimum Gasteiger partial charge on any atom is -0.347 e. The molecule has 13 heavy (non-hydrogen) atoms. The Morgan fingerprint density at radius 2 is 1.77 bits per heavy atom. The van der Waals surface area contributed by atoms with Gasteiger partial charge in [0.1, 0.15) is 0 Å². The zero-order valence-electron chi connectivity index (χ0n) is 7.81. The lowest BCUT2D eigenvalue weighted by Crippen LogP contribution is -2.49. The van der Waals surface area contributed by atoms with Crippen molar-refractivity contribution >= 4 is 0 Å². The van der Waals surface area contributed by atoms with Gasteiger partial charge in [0.25, 0.3) is 0 Å². The van der Waals surface area contributed by atoms with E-state index in [2.05, 4.69) is 0 Å². The first kappa shape index (κ1) is 10.8. The van der Waals surface area contributed by atoms with Crippen molar-refractivity contribution in [2.45, 2.75) is 51.4 Å². The van der Waals surface area contributed by atoms with Crippen molar-refractivity contribution in [3.63, 3.8) is 0 Å². The largest absolute Gasteiger partial charge is 0.414 e. The van der Waals surface area contributed by atoms with Crippen molar-refractivity contribution < 1.29 is 22.6 Å². The molecule has 1 heterocycles. The molecule has 0 aromatic carbocycles. The second-order valence-corrected chi connectivity index (χ2v) is 3.71. The molecular formula is C8H13F3O2. The smallest absolute Gasteiger partial charge is 0.347 e. The number of rotatable bonds is 0. The highest BCUT2D eigenvalue weighted by molar-refractivity contribution is 4.78. The van der Waals surface area contributed by atoms with E-state index in [0.29, 0.717) is 0 Å². The van der Waals surface area contributed by atoms with E-state index in [0.717, 1.165) is 0 Å². The van der Waals surface area contributed by atoms with Crippen molar-refractivity contribution in [2.75, 3.05) is 0 Å². The molecule has 78 valence electrons. The first-order chi connectivity index (χ1) is 5.71. The van der Waals surface area contributed by atoms with Crippen LogP contribution in [0.4, 0.5) is 13.2 Å². The van der Waals surface area contributed by atoms with Gasteiger partial charge in [0.05, 0.1) is 6.10 Å². The van der Waals surface area contributed by atoms with Gasteiger partial charge in [0, 0.05) is 6.42 Å². The van der Waals surface area contributed by atoms with Crippen LogP contribution < -0.4 is 0 Å². The van der Waals surface area contributed by atoms with Gasteiger partial charge >= 0.3 is 6.18 Å². The van der Waals surface area contributed by atoms with Crippen molar-refractivity contribution in [1.29, 1.82) is 0 Å². The third-order valence-corrected chi connectivity index (χ3v) is 1.82.